The Morgan fingerprint density at radius 3 is 2.25 bits per heavy atom. The Labute approximate surface area is 213 Å². The van der Waals surface area contributed by atoms with E-state index in [2.05, 4.69) is 10.5 Å². The van der Waals surface area contributed by atoms with Crippen molar-refractivity contribution in [3.63, 3.8) is 0 Å². The molecule has 0 radical (unpaired) electrons. The summed E-state index contributed by atoms with van der Waals surface area (Å²) in [6, 6.07) is 31.7. The quantitative estimate of drug-likeness (QED) is 0.126. The third-order valence-electron chi connectivity index (χ3n) is 5.84. The molecule has 5 aromatic rings. The molecular weight excluding hydrogens is 472 g/mol. The minimum Gasteiger partial charge on any atom is -0.422 e. The van der Waals surface area contributed by atoms with Crippen LogP contribution >= 0.6 is 11.6 Å². The second-order valence-electron chi connectivity index (χ2n) is 8.18. The minimum atomic E-state index is -0.578. The summed E-state index contributed by atoms with van der Waals surface area (Å²) in [6.07, 6.45) is 1.68. The highest BCUT2D eigenvalue weighted by Crippen LogP contribution is 2.28. The lowest BCUT2D eigenvalue weighted by Crippen LogP contribution is -2.20. The van der Waals surface area contributed by atoms with Gasteiger partial charge in [0.05, 0.1) is 23.2 Å². The molecule has 0 aliphatic rings. The first-order chi connectivity index (χ1) is 17.6. The van der Waals surface area contributed by atoms with Crippen molar-refractivity contribution in [2.24, 2.45) is 5.10 Å². The molecule has 0 spiro atoms. The summed E-state index contributed by atoms with van der Waals surface area (Å²) in [6.45, 7) is 0. The second-order valence-corrected chi connectivity index (χ2v) is 8.58. The molecule has 0 fully saturated rings. The summed E-state index contributed by atoms with van der Waals surface area (Å²) in [5.74, 6) is -0.520. The lowest BCUT2D eigenvalue weighted by molar-refractivity contribution is -0.120. The number of hydrogen-bond acceptors (Lipinski definition) is 4. The van der Waals surface area contributed by atoms with Gasteiger partial charge in [-0.1, -0.05) is 96.5 Å². The Kier molecular flexibility index (Phi) is 6.74. The number of carbonyl (C=O) groups is 2. The summed E-state index contributed by atoms with van der Waals surface area (Å²) < 4.78 is 5.69. The van der Waals surface area contributed by atoms with E-state index in [9.17, 15) is 9.59 Å². The number of hydrazone groups is 1. The van der Waals surface area contributed by atoms with Gasteiger partial charge in [0.2, 0.25) is 5.91 Å². The van der Waals surface area contributed by atoms with E-state index in [1.165, 1.54) is 6.21 Å². The van der Waals surface area contributed by atoms with Gasteiger partial charge in [0.15, 0.2) is 0 Å². The van der Waals surface area contributed by atoms with Crippen LogP contribution in [0, 0.1) is 0 Å². The van der Waals surface area contributed by atoms with Crippen LogP contribution in [0.15, 0.2) is 108 Å². The first kappa shape index (κ1) is 23.3. The van der Waals surface area contributed by atoms with Crippen LogP contribution in [0.1, 0.15) is 21.5 Å². The van der Waals surface area contributed by atoms with Gasteiger partial charge in [-0.25, -0.2) is 10.2 Å². The van der Waals surface area contributed by atoms with Gasteiger partial charge >= 0.3 is 5.97 Å². The molecule has 36 heavy (non-hydrogen) atoms. The van der Waals surface area contributed by atoms with Crippen LogP contribution in [0.5, 0.6) is 5.75 Å². The number of halogens is 1. The highest BCUT2D eigenvalue weighted by atomic mass is 35.5. The molecule has 0 saturated carbocycles. The fourth-order valence-corrected chi connectivity index (χ4v) is 4.32. The van der Waals surface area contributed by atoms with Gasteiger partial charge in [-0.05, 0) is 45.3 Å². The zero-order valence-electron chi connectivity index (χ0n) is 19.1. The molecule has 1 N–H and O–H groups in total. The fourth-order valence-electron chi connectivity index (χ4n) is 4.11. The van der Waals surface area contributed by atoms with Crippen LogP contribution in [-0.4, -0.2) is 18.1 Å². The predicted molar refractivity (Wildman–Crippen MR) is 144 cm³/mol. The average Bonchev–Trinajstić information content (AvgIpc) is 2.90. The zero-order valence-corrected chi connectivity index (χ0v) is 19.9. The summed E-state index contributed by atoms with van der Waals surface area (Å²) in [7, 11) is 0. The monoisotopic (exact) mass is 492 g/mol. The maximum absolute atomic E-state index is 12.8. The SMILES string of the molecule is O=C(Cc1cccc2ccccc12)N/N=C/c1c(OC(=O)c2ccccc2Cl)ccc2ccccc12. The molecule has 6 heteroatoms. The van der Waals surface area contributed by atoms with Gasteiger partial charge in [-0.3, -0.25) is 4.79 Å². The normalized spacial score (nSPS) is 11.1. The lowest BCUT2D eigenvalue weighted by Gasteiger charge is -2.11. The average molecular weight is 493 g/mol. The Balaban J connectivity index is 1.39. The molecule has 5 aromatic carbocycles. The molecule has 0 aliphatic heterocycles. The van der Waals surface area contributed by atoms with Gasteiger partial charge in [0.1, 0.15) is 5.75 Å². The third-order valence-corrected chi connectivity index (χ3v) is 6.17. The number of rotatable bonds is 6. The number of ether oxygens (including phenoxy) is 1. The standard InChI is InChI=1S/C30H21ClN2O3/c31-27-15-6-5-14-25(27)30(35)36-28-17-16-21-9-2-4-13-24(21)26(28)19-32-33-29(34)18-22-11-7-10-20-8-1-3-12-23(20)22/h1-17,19H,18H2,(H,33,34)/b32-19+. The highest BCUT2D eigenvalue weighted by Gasteiger charge is 2.16. The molecule has 0 aromatic heterocycles. The van der Waals surface area contributed by atoms with E-state index < -0.39 is 5.97 Å². The Bertz CT molecular complexity index is 1620. The van der Waals surface area contributed by atoms with Crippen molar-refractivity contribution in [3.05, 3.63) is 125 Å². The maximum atomic E-state index is 12.8. The molecule has 0 bridgehead atoms. The zero-order chi connectivity index (χ0) is 24.9. The van der Waals surface area contributed by atoms with Gasteiger partial charge < -0.3 is 4.74 Å². The Hall–Kier alpha value is -4.48. The molecule has 0 aliphatic carbocycles. The lowest BCUT2D eigenvalue weighted by atomic mass is 10.0. The smallest absolute Gasteiger partial charge is 0.345 e. The molecule has 5 rings (SSSR count). The Morgan fingerprint density at radius 2 is 1.44 bits per heavy atom. The number of carbonyl (C=O) groups excluding carboxylic acids is 2. The van der Waals surface area contributed by atoms with E-state index in [-0.39, 0.29) is 17.9 Å². The van der Waals surface area contributed by atoms with Crippen molar-refractivity contribution in [1.29, 1.82) is 0 Å². The van der Waals surface area contributed by atoms with Crippen molar-refractivity contribution in [2.75, 3.05) is 0 Å². The molecule has 1 amide bonds. The first-order valence-electron chi connectivity index (χ1n) is 11.4. The number of fused-ring (bicyclic) bond motifs is 2. The van der Waals surface area contributed by atoms with E-state index in [0.717, 1.165) is 27.1 Å². The van der Waals surface area contributed by atoms with E-state index in [1.807, 2.05) is 72.8 Å². The van der Waals surface area contributed by atoms with Crippen LogP contribution in [0.25, 0.3) is 21.5 Å². The van der Waals surface area contributed by atoms with Crippen LogP contribution < -0.4 is 10.2 Å². The molecule has 0 unspecified atom stereocenters. The van der Waals surface area contributed by atoms with Crippen molar-refractivity contribution < 1.29 is 14.3 Å². The van der Waals surface area contributed by atoms with Crippen molar-refractivity contribution in [2.45, 2.75) is 6.42 Å². The first-order valence-corrected chi connectivity index (χ1v) is 11.7. The summed E-state index contributed by atoms with van der Waals surface area (Å²) >= 11 is 6.17. The van der Waals surface area contributed by atoms with Crippen LogP contribution in [0.2, 0.25) is 5.02 Å². The molecule has 176 valence electrons. The van der Waals surface area contributed by atoms with E-state index in [4.69, 9.17) is 16.3 Å². The van der Waals surface area contributed by atoms with Crippen LogP contribution in [0.4, 0.5) is 0 Å². The van der Waals surface area contributed by atoms with Gasteiger partial charge in [0, 0.05) is 5.56 Å². The maximum Gasteiger partial charge on any atom is 0.345 e. The molecule has 5 nitrogen and oxygen atoms in total. The van der Waals surface area contributed by atoms with Crippen LogP contribution in [-0.2, 0) is 11.2 Å². The van der Waals surface area contributed by atoms with Crippen molar-refractivity contribution in [3.8, 4) is 5.75 Å². The van der Waals surface area contributed by atoms with E-state index >= 15 is 0 Å². The highest BCUT2D eigenvalue weighted by molar-refractivity contribution is 6.33. The fraction of sp³-hybridized carbons (Fsp3) is 0.0333. The summed E-state index contributed by atoms with van der Waals surface area (Å²) in [5, 5.41) is 8.37. The molecule has 0 saturated heterocycles. The third kappa shape index (κ3) is 4.97. The minimum absolute atomic E-state index is 0.183. The summed E-state index contributed by atoms with van der Waals surface area (Å²) in [5.41, 5.74) is 4.35. The number of amides is 1. The predicted octanol–water partition coefficient (Wildman–Crippen LogP) is 6.56. The van der Waals surface area contributed by atoms with Gasteiger partial charge in [-0.15, -0.1) is 0 Å². The van der Waals surface area contributed by atoms with Gasteiger partial charge in [0.25, 0.3) is 0 Å². The van der Waals surface area contributed by atoms with E-state index in [1.54, 1.807) is 30.3 Å². The number of nitrogens with zero attached hydrogens (tertiary/aromatic N) is 1. The van der Waals surface area contributed by atoms with Crippen molar-refractivity contribution >= 4 is 51.2 Å². The van der Waals surface area contributed by atoms with Crippen molar-refractivity contribution in [1.82, 2.24) is 5.43 Å². The molecule has 0 atom stereocenters. The number of benzene rings is 5. The number of hydrogen-bond donors (Lipinski definition) is 1. The molecule has 0 heterocycles. The summed E-state index contributed by atoms with van der Waals surface area (Å²) in [4.78, 5) is 25.5. The largest absolute Gasteiger partial charge is 0.422 e. The van der Waals surface area contributed by atoms with E-state index in [0.29, 0.717) is 16.3 Å². The Morgan fingerprint density at radius 1 is 0.778 bits per heavy atom. The topological polar surface area (TPSA) is 67.8 Å². The molecular formula is C30H21ClN2O3. The second kappa shape index (κ2) is 10.4. The number of esters is 1. The number of nitrogens with one attached hydrogen (secondary N) is 1. The van der Waals surface area contributed by atoms with Crippen LogP contribution in [0.3, 0.4) is 0 Å². The van der Waals surface area contributed by atoms with Gasteiger partial charge in [-0.2, -0.15) is 5.10 Å².